The topological polar surface area (TPSA) is 46.2 Å². The maximum Gasteiger partial charge on any atom is 0.220 e. The van der Waals surface area contributed by atoms with Crippen LogP contribution in [0.3, 0.4) is 0 Å². The van der Waals surface area contributed by atoms with Crippen LogP contribution in [0.1, 0.15) is 34.3 Å². The third kappa shape index (κ3) is 5.33. The summed E-state index contributed by atoms with van der Waals surface area (Å²) in [7, 11) is 0. The molecule has 0 unspecified atom stereocenters. The molecule has 0 spiro atoms. The first-order valence-electron chi connectivity index (χ1n) is 7.66. The molecule has 0 aliphatic heterocycles. The number of aryl methyl sites for hydroxylation is 2. The van der Waals surface area contributed by atoms with Crippen molar-refractivity contribution in [2.75, 3.05) is 6.54 Å². The number of carbonyl (C=O) groups excluding carboxylic acids is 2. The molecule has 0 saturated heterocycles. The van der Waals surface area contributed by atoms with E-state index in [1.807, 2.05) is 12.1 Å². The fourth-order valence-corrected chi connectivity index (χ4v) is 2.34. The molecule has 0 aliphatic rings. The first-order chi connectivity index (χ1) is 11.1. The summed E-state index contributed by atoms with van der Waals surface area (Å²) in [4.78, 5) is 23.6. The molecule has 4 heteroatoms. The van der Waals surface area contributed by atoms with Gasteiger partial charge in [0.05, 0.1) is 6.54 Å². The zero-order valence-electron chi connectivity index (χ0n) is 13.1. The second-order valence-corrected chi connectivity index (χ2v) is 5.49. The molecule has 0 heterocycles. The monoisotopic (exact) mass is 313 g/mol. The minimum absolute atomic E-state index is 0.0607. The number of carbonyl (C=O) groups is 2. The molecule has 120 valence electrons. The zero-order valence-corrected chi connectivity index (χ0v) is 13.1. The first-order valence-corrected chi connectivity index (χ1v) is 7.66. The van der Waals surface area contributed by atoms with Crippen LogP contribution in [0.25, 0.3) is 0 Å². The molecule has 2 aromatic rings. The van der Waals surface area contributed by atoms with Crippen LogP contribution in [-0.4, -0.2) is 18.2 Å². The van der Waals surface area contributed by atoms with Gasteiger partial charge in [-0.05, 0) is 55.2 Å². The van der Waals surface area contributed by atoms with Crippen LogP contribution in [0.2, 0.25) is 0 Å². The smallest absolute Gasteiger partial charge is 0.220 e. The van der Waals surface area contributed by atoms with Gasteiger partial charge in [-0.25, -0.2) is 4.39 Å². The Morgan fingerprint density at radius 1 is 1.04 bits per heavy atom. The van der Waals surface area contributed by atoms with Gasteiger partial charge in [0.1, 0.15) is 5.82 Å². The van der Waals surface area contributed by atoms with E-state index in [0.717, 1.165) is 12.8 Å². The summed E-state index contributed by atoms with van der Waals surface area (Å²) < 4.78 is 12.8. The predicted molar refractivity (Wildman–Crippen MR) is 87.9 cm³/mol. The summed E-state index contributed by atoms with van der Waals surface area (Å²) in [5, 5.41) is 2.61. The fraction of sp³-hybridized carbons (Fsp3) is 0.263. The molecule has 1 amide bonds. The fourth-order valence-electron chi connectivity index (χ4n) is 2.34. The van der Waals surface area contributed by atoms with E-state index < -0.39 is 0 Å². The van der Waals surface area contributed by atoms with Crippen LogP contribution < -0.4 is 5.32 Å². The Kier molecular flexibility index (Phi) is 6.03. The molecule has 0 atom stereocenters. The number of rotatable bonds is 7. The van der Waals surface area contributed by atoms with E-state index in [1.165, 1.54) is 35.4 Å². The van der Waals surface area contributed by atoms with Gasteiger partial charge in [-0.15, -0.1) is 0 Å². The zero-order chi connectivity index (χ0) is 16.7. The first kappa shape index (κ1) is 16.9. The van der Waals surface area contributed by atoms with Gasteiger partial charge in [-0.1, -0.05) is 24.3 Å². The average Bonchev–Trinajstić information content (AvgIpc) is 2.55. The van der Waals surface area contributed by atoms with Crippen molar-refractivity contribution in [3.8, 4) is 0 Å². The quantitative estimate of drug-likeness (QED) is 0.796. The van der Waals surface area contributed by atoms with Gasteiger partial charge in [0.2, 0.25) is 5.91 Å². The highest BCUT2D eigenvalue weighted by Crippen LogP contribution is 2.10. The van der Waals surface area contributed by atoms with Crippen molar-refractivity contribution in [3.05, 3.63) is 71.0 Å². The largest absolute Gasteiger partial charge is 0.349 e. The van der Waals surface area contributed by atoms with Gasteiger partial charge in [0.25, 0.3) is 0 Å². The lowest BCUT2D eigenvalue weighted by molar-refractivity contribution is -0.121. The van der Waals surface area contributed by atoms with E-state index in [1.54, 1.807) is 0 Å². The number of nitrogens with one attached hydrogen (secondary N) is 1. The molecule has 1 N–H and O–H groups in total. The molecule has 0 bridgehead atoms. The highest BCUT2D eigenvalue weighted by atomic mass is 19.1. The van der Waals surface area contributed by atoms with Crippen molar-refractivity contribution < 1.29 is 14.0 Å². The van der Waals surface area contributed by atoms with Crippen molar-refractivity contribution in [2.24, 2.45) is 0 Å². The Morgan fingerprint density at radius 3 is 2.43 bits per heavy atom. The van der Waals surface area contributed by atoms with Crippen LogP contribution in [0.5, 0.6) is 0 Å². The second-order valence-electron chi connectivity index (χ2n) is 5.49. The molecule has 0 saturated carbocycles. The minimum atomic E-state index is -0.387. The normalized spacial score (nSPS) is 10.3. The highest BCUT2D eigenvalue weighted by molar-refractivity contribution is 5.99. The third-order valence-corrected chi connectivity index (χ3v) is 3.72. The van der Waals surface area contributed by atoms with Gasteiger partial charge in [0, 0.05) is 12.0 Å². The summed E-state index contributed by atoms with van der Waals surface area (Å²) in [6.07, 6.45) is 1.96. The van der Waals surface area contributed by atoms with Crippen LogP contribution >= 0.6 is 0 Å². The summed E-state index contributed by atoms with van der Waals surface area (Å²) >= 11 is 0. The summed E-state index contributed by atoms with van der Waals surface area (Å²) in [6, 6.07) is 13.4. The number of hydrogen-bond donors (Lipinski definition) is 1. The molecule has 23 heavy (non-hydrogen) atoms. The molecule has 2 rings (SSSR count). The number of ketones is 1. The van der Waals surface area contributed by atoms with Crippen molar-refractivity contribution in [1.29, 1.82) is 0 Å². The number of Topliss-reactive ketones (excluding diaryl/α,β-unsaturated/α-hetero) is 1. The van der Waals surface area contributed by atoms with Gasteiger partial charge in [-0.2, -0.15) is 0 Å². The van der Waals surface area contributed by atoms with E-state index in [0.29, 0.717) is 12.0 Å². The summed E-state index contributed by atoms with van der Waals surface area (Å²) in [5.41, 5.74) is 2.86. The Balaban J connectivity index is 1.72. The van der Waals surface area contributed by atoms with Gasteiger partial charge >= 0.3 is 0 Å². The number of benzene rings is 2. The van der Waals surface area contributed by atoms with E-state index in [-0.39, 0.29) is 24.1 Å². The molecular weight excluding hydrogens is 293 g/mol. The lowest BCUT2D eigenvalue weighted by Gasteiger charge is -2.06. The maximum absolute atomic E-state index is 12.8. The Labute approximate surface area is 135 Å². The molecule has 0 fully saturated rings. The standard InChI is InChI=1S/C19H20FNO2/c1-14-5-2-3-6-15(14)7-4-8-19(23)21-13-18(22)16-9-11-17(20)12-10-16/h2-3,5-6,9-12H,4,7-8,13H2,1H3,(H,21,23). The molecule has 0 aromatic heterocycles. The van der Waals surface area contributed by atoms with E-state index >= 15 is 0 Å². The second kappa shape index (κ2) is 8.22. The number of halogens is 1. The maximum atomic E-state index is 12.8. The highest BCUT2D eigenvalue weighted by Gasteiger charge is 2.08. The number of amides is 1. The van der Waals surface area contributed by atoms with Crippen LogP contribution in [0, 0.1) is 12.7 Å². The average molecular weight is 313 g/mol. The Hall–Kier alpha value is -2.49. The predicted octanol–water partition coefficient (Wildman–Crippen LogP) is 3.46. The lowest BCUT2D eigenvalue weighted by atomic mass is 10.0. The number of hydrogen-bond acceptors (Lipinski definition) is 2. The lowest BCUT2D eigenvalue weighted by Crippen LogP contribution is -2.29. The molecule has 2 aromatic carbocycles. The van der Waals surface area contributed by atoms with E-state index in [9.17, 15) is 14.0 Å². The summed E-state index contributed by atoms with van der Waals surface area (Å²) in [6.45, 7) is 1.99. The van der Waals surface area contributed by atoms with Crippen molar-refractivity contribution in [1.82, 2.24) is 5.32 Å². The Bertz CT molecular complexity index is 680. The molecular formula is C19H20FNO2. The van der Waals surface area contributed by atoms with Crippen molar-refractivity contribution in [3.63, 3.8) is 0 Å². The SMILES string of the molecule is Cc1ccccc1CCCC(=O)NCC(=O)c1ccc(F)cc1. The van der Waals surface area contributed by atoms with Gasteiger partial charge in [0.15, 0.2) is 5.78 Å². The van der Waals surface area contributed by atoms with Crippen LogP contribution in [0.4, 0.5) is 4.39 Å². The Morgan fingerprint density at radius 2 is 1.74 bits per heavy atom. The summed E-state index contributed by atoms with van der Waals surface area (Å²) in [5.74, 6) is -0.756. The third-order valence-electron chi connectivity index (χ3n) is 3.72. The van der Waals surface area contributed by atoms with Crippen LogP contribution in [0.15, 0.2) is 48.5 Å². The van der Waals surface area contributed by atoms with Gasteiger partial charge in [-0.3, -0.25) is 9.59 Å². The van der Waals surface area contributed by atoms with E-state index in [2.05, 4.69) is 24.4 Å². The van der Waals surface area contributed by atoms with Crippen molar-refractivity contribution in [2.45, 2.75) is 26.2 Å². The van der Waals surface area contributed by atoms with Gasteiger partial charge < -0.3 is 5.32 Å². The molecule has 0 aliphatic carbocycles. The van der Waals surface area contributed by atoms with Crippen LogP contribution in [-0.2, 0) is 11.2 Å². The van der Waals surface area contributed by atoms with Crippen molar-refractivity contribution >= 4 is 11.7 Å². The van der Waals surface area contributed by atoms with E-state index in [4.69, 9.17) is 0 Å². The minimum Gasteiger partial charge on any atom is -0.349 e. The molecule has 3 nitrogen and oxygen atoms in total. The molecule has 0 radical (unpaired) electrons.